The van der Waals surface area contributed by atoms with Crippen LogP contribution in [0.3, 0.4) is 0 Å². The van der Waals surface area contributed by atoms with Crippen LogP contribution >= 0.6 is 0 Å². The average Bonchev–Trinajstić information content (AvgIpc) is 2.47. The van der Waals surface area contributed by atoms with E-state index in [9.17, 15) is 9.59 Å². The third-order valence-electron chi connectivity index (χ3n) is 5.50. The quantitative estimate of drug-likeness (QED) is 0.824. The van der Waals surface area contributed by atoms with E-state index in [1.165, 1.54) is 0 Å². The predicted molar refractivity (Wildman–Crippen MR) is 78.7 cm³/mol. The van der Waals surface area contributed by atoms with E-state index in [0.29, 0.717) is 12.3 Å². The fraction of sp³-hybridized carbons (Fsp3) is 0.875. The number of hydrogen-bond acceptors (Lipinski definition) is 4. The molecule has 0 radical (unpaired) electrons. The van der Waals surface area contributed by atoms with Crippen molar-refractivity contribution in [3.8, 4) is 0 Å². The third kappa shape index (κ3) is 3.14. The summed E-state index contributed by atoms with van der Waals surface area (Å²) in [7, 11) is 0. The zero-order valence-electron chi connectivity index (χ0n) is 12.7. The molecule has 2 bridgehead atoms. The number of hydrogen-bond donors (Lipinski definition) is 1. The van der Waals surface area contributed by atoms with Gasteiger partial charge in [-0.05, 0) is 25.7 Å². The minimum atomic E-state index is 0.0717. The Bertz CT molecular complexity index is 388. The first-order valence-electron chi connectivity index (χ1n) is 8.34. The minimum Gasteiger partial charge on any atom is -0.395 e. The summed E-state index contributed by atoms with van der Waals surface area (Å²) < 4.78 is 0. The Hall–Kier alpha value is -0.940. The van der Waals surface area contributed by atoms with Gasteiger partial charge in [0, 0.05) is 50.5 Å². The number of aliphatic hydroxyl groups excluding tert-OH is 1. The second-order valence-electron chi connectivity index (χ2n) is 6.79. The van der Waals surface area contributed by atoms with Gasteiger partial charge in [-0.2, -0.15) is 0 Å². The zero-order chi connectivity index (χ0) is 14.8. The smallest absolute Gasteiger partial charge is 0.225 e. The Morgan fingerprint density at radius 3 is 2.29 bits per heavy atom. The number of piperazine rings is 1. The summed E-state index contributed by atoms with van der Waals surface area (Å²) in [6, 6.07) is 0. The Morgan fingerprint density at radius 2 is 1.71 bits per heavy atom. The molecule has 3 fully saturated rings. The van der Waals surface area contributed by atoms with E-state index in [0.717, 1.165) is 58.3 Å². The summed E-state index contributed by atoms with van der Waals surface area (Å²) in [5.41, 5.74) is 0. The maximum atomic E-state index is 12.7. The fourth-order valence-electron chi connectivity index (χ4n) is 4.27. The lowest BCUT2D eigenvalue weighted by molar-refractivity contribution is -0.144. The highest BCUT2D eigenvalue weighted by atomic mass is 16.3. The molecule has 2 aliphatic carbocycles. The van der Waals surface area contributed by atoms with Gasteiger partial charge in [0.15, 0.2) is 0 Å². The van der Waals surface area contributed by atoms with Crippen molar-refractivity contribution in [1.29, 1.82) is 0 Å². The molecule has 3 aliphatic rings. The van der Waals surface area contributed by atoms with Gasteiger partial charge < -0.3 is 10.0 Å². The number of β-amino-alcohol motifs (C(OH)–C–C–N with tert-alkyl or cyclic N) is 1. The van der Waals surface area contributed by atoms with Crippen LogP contribution in [0.2, 0.25) is 0 Å². The van der Waals surface area contributed by atoms with Crippen LogP contribution in [0.4, 0.5) is 0 Å². The lowest BCUT2D eigenvalue weighted by Crippen LogP contribution is -2.52. The lowest BCUT2D eigenvalue weighted by Gasteiger charge is -2.41. The number of amides is 1. The van der Waals surface area contributed by atoms with Crippen LogP contribution in [-0.2, 0) is 9.59 Å². The van der Waals surface area contributed by atoms with E-state index in [4.69, 9.17) is 5.11 Å². The highest BCUT2D eigenvalue weighted by Gasteiger charge is 2.42. The summed E-state index contributed by atoms with van der Waals surface area (Å²) in [5.74, 6) is 1.08. The molecule has 1 aliphatic heterocycles. The van der Waals surface area contributed by atoms with Gasteiger partial charge in [-0.25, -0.2) is 0 Å². The molecule has 0 aromatic heterocycles. The summed E-state index contributed by atoms with van der Waals surface area (Å²) >= 11 is 0. The molecule has 2 saturated carbocycles. The van der Waals surface area contributed by atoms with Crippen LogP contribution < -0.4 is 0 Å². The van der Waals surface area contributed by atoms with Gasteiger partial charge in [0.25, 0.3) is 0 Å². The molecule has 3 rings (SSSR count). The zero-order valence-corrected chi connectivity index (χ0v) is 12.7. The molecule has 21 heavy (non-hydrogen) atoms. The monoisotopic (exact) mass is 294 g/mol. The van der Waals surface area contributed by atoms with E-state index in [-0.39, 0.29) is 30.3 Å². The number of carbonyl (C=O) groups is 2. The number of Topliss-reactive ketones (excluding diaryl/α,β-unsaturated/α-hetero) is 1. The van der Waals surface area contributed by atoms with Gasteiger partial charge in [0.2, 0.25) is 5.91 Å². The van der Waals surface area contributed by atoms with E-state index in [2.05, 4.69) is 4.90 Å². The lowest BCUT2D eigenvalue weighted by atomic mass is 9.67. The van der Waals surface area contributed by atoms with Crippen molar-refractivity contribution in [3.63, 3.8) is 0 Å². The molecule has 118 valence electrons. The topological polar surface area (TPSA) is 60.9 Å². The molecule has 0 aromatic carbocycles. The van der Waals surface area contributed by atoms with Gasteiger partial charge in [-0.1, -0.05) is 6.42 Å². The summed E-state index contributed by atoms with van der Waals surface area (Å²) in [6.45, 7) is 4.11. The Morgan fingerprint density at radius 1 is 1.10 bits per heavy atom. The predicted octanol–water partition coefficient (Wildman–Crippen LogP) is 0.518. The molecule has 5 heteroatoms. The fourth-order valence-corrected chi connectivity index (χ4v) is 4.27. The third-order valence-corrected chi connectivity index (χ3v) is 5.50. The molecule has 5 nitrogen and oxygen atoms in total. The first-order valence-corrected chi connectivity index (χ1v) is 8.34. The number of fused-ring (bicyclic) bond motifs is 2. The van der Waals surface area contributed by atoms with Gasteiger partial charge in [-0.3, -0.25) is 14.5 Å². The van der Waals surface area contributed by atoms with Crippen molar-refractivity contribution in [2.75, 3.05) is 39.3 Å². The van der Waals surface area contributed by atoms with Gasteiger partial charge >= 0.3 is 0 Å². The van der Waals surface area contributed by atoms with E-state index >= 15 is 0 Å². The number of nitrogens with zero attached hydrogens (tertiary/aromatic N) is 2. The van der Waals surface area contributed by atoms with Crippen LogP contribution in [0.25, 0.3) is 0 Å². The molecule has 2 unspecified atom stereocenters. The van der Waals surface area contributed by atoms with E-state index in [1.54, 1.807) is 0 Å². The second-order valence-corrected chi connectivity index (χ2v) is 6.79. The van der Waals surface area contributed by atoms with Crippen molar-refractivity contribution in [1.82, 2.24) is 9.80 Å². The molecular formula is C16H26N2O3. The van der Waals surface area contributed by atoms with E-state index in [1.807, 2.05) is 4.90 Å². The standard InChI is InChI=1S/C16H26N2O3/c19-9-8-17-4-6-18(7-5-17)16(21)14-10-12-2-1-3-13(11-14)15(12)20/h12-14,19H,1-11H2. The van der Waals surface area contributed by atoms with Gasteiger partial charge in [0.1, 0.15) is 5.78 Å². The number of carbonyl (C=O) groups excluding carboxylic acids is 2. The SMILES string of the molecule is O=C1C2CCCC1CC(C(=O)N1CCN(CCO)CC1)C2. The maximum Gasteiger partial charge on any atom is 0.225 e. The average molecular weight is 294 g/mol. The normalized spacial score (nSPS) is 34.0. The Kier molecular flexibility index (Phi) is 4.60. The second kappa shape index (κ2) is 6.44. The maximum absolute atomic E-state index is 12.7. The summed E-state index contributed by atoms with van der Waals surface area (Å²) in [6.07, 6.45) is 4.70. The number of rotatable bonds is 3. The first kappa shape index (κ1) is 15.0. The van der Waals surface area contributed by atoms with Crippen LogP contribution in [-0.4, -0.2) is 65.9 Å². The molecule has 2 atom stereocenters. The van der Waals surface area contributed by atoms with Crippen molar-refractivity contribution < 1.29 is 14.7 Å². The Labute approximate surface area is 126 Å². The molecule has 1 amide bonds. The number of ketones is 1. The molecule has 1 N–H and O–H groups in total. The molecule has 0 spiro atoms. The van der Waals surface area contributed by atoms with Crippen molar-refractivity contribution in [2.45, 2.75) is 32.1 Å². The van der Waals surface area contributed by atoms with Crippen LogP contribution in [0.5, 0.6) is 0 Å². The van der Waals surface area contributed by atoms with Crippen LogP contribution in [0.15, 0.2) is 0 Å². The largest absolute Gasteiger partial charge is 0.395 e. The summed E-state index contributed by atoms with van der Waals surface area (Å²) in [5, 5.41) is 8.96. The molecular weight excluding hydrogens is 268 g/mol. The highest BCUT2D eigenvalue weighted by Crippen LogP contribution is 2.40. The minimum absolute atomic E-state index is 0.0717. The van der Waals surface area contributed by atoms with Crippen LogP contribution in [0, 0.1) is 17.8 Å². The van der Waals surface area contributed by atoms with Crippen molar-refractivity contribution in [3.05, 3.63) is 0 Å². The van der Waals surface area contributed by atoms with E-state index < -0.39 is 0 Å². The first-order chi connectivity index (χ1) is 10.2. The highest BCUT2D eigenvalue weighted by molar-refractivity contribution is 5.88. The molecule has 0 aromatic rings. The van der Waals surface area contributed by atoms with Crippen molar-refractivity contribution in [2.24, 2.45) is 17.8 Å². The van der Waals surface area contributed by atoms with Gasteiger partial charge in [0.05, 0.1) is 6.61 Å². The summed E-state index contributed by atoms with van der Waals surface area (Å²) in [4.78, 5) is 29.0. The molecule has 1 heterocycles. The van der Waals surface area contributed by atoms with Crippen molar-refractivity contribution >= 4 is 11.7 Å². The Balaban J connectivity index is 1.55. The van der Waals surface area contributed by atoms with Crippen LogP contribution in [0.1, 0.15) is 32.1 Å². The molecule has 1 saturated heterocycles. The number of aliphatic hydroxyl groups is 1. The van der Waals surface area contributed by atoms with Gasteiger partial charge in [-0.15, -0.1) is 0 Å².